The van der Waals surface area contributed by atoms with E-state index in [1.54, 1.807) is 0 Å². The number of imidazole rings is 1. The first kappa shape index (κ1) is 13.6. The fourth-order valence-corrected chi connectivity index (χ4v) is 2.97. The molecule has 1 fully saturated rings. The predicted molar refractivity (Wildman–Crippen MR) is 75.5 cm³/mol. The fourth-order valence-electron chi connectivity index (χ4n) is 2.97. The highest BCUT2D eigenvalue weighted by Gasteiger charge is 2.13. The van der Waals surface area contributed by atoms with Crippen molar-refractivity contribution in [3.05, 3.63) is 18.2 Å². The van der Waals surface area contributed by atoms with Gasteiger partial charge in [0.05, 0.1) is 12.0 Å². The monoisotopic (exact) mass is 249 g/mol. The lowest BCUT2D eigenvalue weighted by atomic mass is 10.0. The third kappa shape index (κ3) is 3.84. The molecule has 0 bridgehead atoms. The number of rotatable bonds is 7. The standard InChI is InChI=1S/C15H27N3/c1-13(2)18-12-17-11-15(18)10-16-9-5-8-14-6-3-4-7-14/h11-14,16H,3-10H2,1-2H3. The van der Waals surface area contributed by atoms with Crippen molar-refractivity contribution in [1.29, 1.82) is 0 Å². The van der Waals surface area contributed by atoms with Gasteiger partial charge in [-0.15, -0.1) is 0 Å². The summed E-state index contributed by atoms with van der Waals surface area (Å²) in [4.78, 5) is 4.23. The molecule has 0 amide bonds. The molecule has 18 heavy (non-hydrogen) atoms. The molecule has 1 aliphatic carbocycles. The van der Waals surface area contributed by atoms with Gasteiger partial charge in [-0.3, -0.25) is 0 Å². The van der Waals surface area contributed by atoms with Gasteiger partial charge in [0.1, 0.15) is 0 Å². The SMILES string of the molecule is CC(C)n1cncc1CNCCCC1CCCC1. The lowest BCUT2D eigenvalue weighted by Crippen LogP contribution is -2.18. The van der Waals surface area contributed by atoms with Crippen molar-refractivity contribution in [2.45, 2.75) is 65.0 Å². The molecule has 3 nitrogen and oxygen atoms in total. The molecule has 0 unspecified atom stereocenters. The lowest BCUT2D eigenvalue weighted by Gasteiger charge is -2.13. The van der Waals surface area contributed by atoms with Crippen LogP contribution in [0.5, 0.6) is 0 Å². The molecule has 1 N–H and O–H groups in total. The van der Waals surface area contributed by atoms with E-state index in [9.17, 15) is 0 Å². The van der Waals surface area contributed by atoms with Crippen molar-refractivity contribution < 1.29 is 0 Å². The van der Waals surface area contributed by atoms with E-state index in [1.165, 1.54) is 44.2 Å². The van der Waals surface area contributed by atoms with Crippen molar-refractivity contribution in [2.75, 3.05) is 6.54 Å². The second-order valence-corrected chi connectivity index (χ2v) is 5.86. The lowest BCUT2D eigenvalue weighted by molar-refractivity contribution is 0.466. The Bertz CT molecular complexity index is 337. The largest absolute Gasteiger partial charge is 0.331 e. The Balaban J connectivity index is 1.61. The zero-order valence-corrected chi connectivity index (χ0v) is 11.9. The van der Waals surface area contributed by atoms with Gasteiger partial charge in [0, 0.05) is 18.8 Å². The summed E-state index contributed by atoms with van der Waals surface area (Å²) >= 11 is 0. The molecular formula is C15H27N3. The molecule has 0 aromatic carbocycles. The van der Waals surface area contributed by atoms with Crippen molar-refractivity contribution in [3.8, 4) is 0 Å². The van der Waals surface area contributed by atoms with E-state index in [2.05, 4.69) is 28.7 Å². The maximum atomic E-state index is 4.23. The maximum Gasteiger partial charge on any atom is 0.0951 e. The topological polar surface area (TPSA) is 29.9 Å². The highest BCUT2D eigenvalue weighted by molar-refractivity contribution is 4.99. The van der Waals surface area contributed by atoms with E-state index in [4.69, 9.17) is 0 Å². The summed E-state index contributed by atoms with van der Waals surface area (Å²) in [6.45, 7) is 6.49. The summed E-state index contributed by atoms with van der Waals surface area (Å²) in [6.07, 6.45) is 12.5. The number of nitrogens with one attached hydrogen (secondary N) is 1. The van der Waals surface area contributed by atoms with Gasteiger partial charge in [-0.1, -0.05) is 25.7 Å². The van der Waals surface area contributed by atoms with Gasteiger partial charge < -0.3 is 9.88 Å². The Morgan fingerprint density at radius 2 is 2.17 bits per heavy atom. The molecule has 3 heteroatoms. The molecule has 1 aromatic heterocycles. The van der Waals surface area contributed by atoms with Crippen molar-refractivity contribution in [2.24, 2.45) is 5.92 Å². The molecule has 1 aliphatic rings. The van der Waals surface area contributed by atoms with Crippen LogP contribution in [-0.4, -0.2) is 16.1 Å². The number of hydrogen-bond acceptors (Lipinski definition) is 2. The van der Waals surface area contributed by atoms with E-state index in [1.807, 2.05) is 12.5 Å². The van der Waals surface area contributed by atoms with Crippen LogP contribution in [0, 0.1) is 5.92 Å². The van der Waals surface area contributed by atoms with Crippen LogP contribution >= 0.6 is 0 Å². The van der Waals surface area contributed by atoms with Crippen LogP contribution in [0.15, 0.2) is 12.5 Å². The van der Waals surface area contributed by atoms with Crippen LogP contribution in [-0.2, 0) is 6.54 Å². The highest BCUT2D eigenvalue weighted by atomic mass is 15.1. The van der Waals surface area contributed by atoms with E-state index in [-0.39, 0.29) is 0 Å². The fraction of sp³-hybridized carbons (Fsp3) is 0.800. The van der Waals surface area contributed by atoms with E-state index < -0.39 is 0 Å². The third-order valence-corrected chi connectivity index (χ3v) is 4.05. The normalized spacial score (nSPS) is 16.8. The van der Waals surface area contributed by atoms with Gasteiger partial charge in [0.2, 0.25) is 0 Å². The molecule has 1 saturated carbocycles. The Hall–Kier alpha value is -0.830. The van der Waals surface area contributed by atoms with E-state index in [0.29, 0.717) is 6.04 Å². The Kier molecular flexibility index (Phi) is 5.24. The summed E-state index contributed by atoms with van der Waals surface area (Å²) in [5.41, 5.74) is 1.30. The van der Waals surface area contributed by atoms with E-state index >= 15 is 0 Å². The number of hydrogen-bond donors (Lipinski definition) is 1. The minimum absolute atomic E-state index is 0.503. The second kappa shape index (κ2) is 6.93. The summed E-state index contributed by atoms with van der Waals surface area (Å²) in [6, 6.07) is 0.503. The summed E-state index contributed by atoms with van der Waals surface area (Å²) in [7, 11) is 0. The number of aromatic nitrogens is 2. The molecule has 0 atom stereocenters. The Labute approximate surface area is 111 Å². The molecule has 102 valence electrons. The van der Waals surface area contributed by atoms with Crippen LogP contribution in [0.2, 0.25) is 0 Å². The van der Waals surface area contributed by atoms with Gasteiger partial charge in [-0.2, -0.15) is 0 Å². The van der Waals surface area contributed by atoms with Crippen LogP contribution in [0.25, 0.3) is 0 Å². The van der Waals surface area contributed by atoms with Gasteiger partial charge in [0.25, 0.3) is 0 Å². The number of nitrogens with zero attached hydrogens (tertiary/aromatic N) is 2. The maximum absolute atomic E-state index is 4.23. The average molecular weight is 249 g/mol. The molecule has 1 heterocycles. The van der Waals surface area contributed by atoms with Gasteiger partial charge >= 0.3 is 0 Å². The molecule has 2 rings (SSSR count). The molecule has 0 spiro atoms. The third-order valence-electron chi connectivity index (χ3n) is 4.05. The van der Waals surface area contributed by atoms with Gasteiger partial charge in [-0.25, -0.2) is 4.98 Å². The molecule has 1 aromatic rings. The molecule has 0 radical (unpaired) electrons. The molecular weight excluding hydrogens is 222 g/mol. The average Bonchev–Trinajstić information content (AvgIpc) is 2.98. The first-order valence-corrected chi connectivity index (χ1v) is 7.49. The molecule has 0 saturated heterocycles. The van der Waals surface area contributed by atoms with Crippen LogP contribution < -0.4 is 5.32 Å². The first-order chi connectivity index (χ1) is 8.77. The van der Waals surface area contributed by atoms with Crippen LogP contribution in [0.3, 0.4) is 0 Å². The van der Waals surface area contributed by atoms with Crippen molar-refractivity contribution in [1.82, 2.24) is 14.9 Å². The second-order valence-electron chi connectivity index (χ2n) is 5.86. The quantitative estimate of drug-likeness (QED) is 0.749. The smallest absolute Gasteiger partial charge is 0.0951 e. The minimum Gasteiger partial charge on any atom is -0.331 e. The van der Waals surface area contributed by atoms with Crippen LogP contribution in [0.4, 0.5) is 0 Å². The highest BCUT2D eigenvalue weighted by Crippen LogP contribution is 2.28. The Morgan fingerprint density at radius 3 is 2.89 bits per heavy atom. The predicted octanol–water partition coefficient (Wildman–Crippen LogP) is 3.52. The zero-order valence-electron chi connectivity index (χ0n) is 11.9. The summed E-state index contributed by atoms with van der Waals surface area (Å²) in [5, 5.41) is 3.55. The van der Waals surface area contributed by atoms with Crippen molar-refractivity contribution in [3.63, 3.8) is 0 Å². The van der Waals surface area contributed by atoms with Crippen molar-refractivity contribution >= 4 is 0 Å². The molecule has 0 aliphatic heterocycles. The van der Waals surface area contributed by atoms with Gasteiger partial charge in [-0.05, 0) is 39.2 Å². The summed E-state index contributed by atoms with van der Waals surface area (Å²) in [5.74, 6) is 1.02. The van der Waals surface area contributed by atoms with Gasteiger partial charge in [0.15, 0.2) is 0 Å². The summed E-state index contributed by atoms with van der Waals surface area (Å²) < 4.78 is 2.24. The van der Waals surface area contributed by atoms with E-state index in [0.717, 1.165) is 19.0 Å². The minimum atomic E-state index is 0.503. The first-order valence-electron chi connectivity index (χ1n) is 7.49. The zero-order chi connectivity index (χ0) is 12.8. The van der Waals surface area contributed by atoms with Crippen LogP contribution in [0.1, 0.15) is 64.1 Å². The Morgan fingerprint density at radius 1 is 1.39 bits per heavy atom.